The molecule has 3 rings (SSSR count). The molecule has 2 amide bonds. The standard InChI is InChI=1S/C27H29F2N3O5/c1-31-27(36)25-22(33)7-6-20(26(30)35)24(25)21(11-16-8-17(28)12-18(29)9-16)23(34)14-32-13-15-4-3-5-19(10-15)37-2/h3-10,12,21,23,32-34H,11,13-14H2,1-2H3,(H2,30,35)(H,31,36)/t21-,23+/m1/s1. The number of methoxy groups -OCH3 is 1. The van der Waals surface area contributed by atoms with Gasteiger partial charge in [-0.2, -0.15) is 0 Å². The Morgan fingerprint density at radius 3 is 2.38 bits per heavy atom. The minimum atomic E-state index is -1.26. The van der Waals surface area contributed by atoms with Crippen LogP contribution in [0.1, 0.15) is 43.3 Å². The van der Waals surface area contributed by atoms with Crippen molar-refractivity contribution in [2.45, 2.75) is 25.0 Å². The fourth-order valence-electron chi connectivity index (χ4n) is 4.27. The van der Waals surface area contributed by atoms with E-state index in [9.17, 15) is 28.6 Å². The van der Waals surface area contributed by atoms with Gasteiger partial charge >= 0.3 is 0 Å². The molecule has 0 saturated heterocycles. The SMILES string of the molecule is CNC(=O)c1c(O)ccc(C(N)=O)c1[C@H](Cc1cc(F)cc(F)c1)[C@@H](O)CNCc1cccc(OC)c1. The van der Waals surface area contributed by atoms with E-state index in [-0.39, 0.29) is 35.2 Å². The lowest BCUT2D eigenvalue weighted by atomic mass is 9.81. The highest BCUT2D eigenvalue weighted by Crippen LogP contribution is 2.35. The molecule has 2 atom stereocenters. The quantitative estimate of drug-likeness (QED) is 0.268. The number of aromatic hydroxyl groups is 1. The molecule has 6 N–H and O–H groups in total. The number of nitrogens with one attached hydrogen (secondary N) is 2. The van der Waals surface area contributed by atoms with Crippen molar-refractivity contribution in [3.63, 3.8) is 0 Å². The lowest BCUT2D eigenvalue weighted by Gasteiger charge is -2.28. The first-order valence-corrected chi connectivity index (χ1v) is 11.5. The summed E-state index contributed by atoms with van der Waals surface area (Å²) < 4.78 is 33.1. The number of hydrogen-bond donors (Lipinski definition) is 5. The van der Waals surface area contributed by atoms with Crippen LogP contribution in [-0.4, -0.2) is 48.8 Å². The van der Waals surface area contributed by atoms with Crippen LogP contribution >= 0.6 is 0 Å². The zero-order valence-corrected chi connectivity index (χ0v) is 20.4. The summed E-state index contributed by atoms with van der Waals surface area (Å²) in [5.74, 6) is -4.09. The third kappa shape index (κ3) is 6.81. The van der Waals surface area contributed by atoms with Gasteiger partial charge in [-0.05, 0) is 59.5 Å². The highest BCUT2D eigenvalue weighted by Gasteiger charge is 2.32. The summed E-state index contributed by atoms with van der Waals surface area (Å²) in [6.45, 7) is 0.321. The Morgan fingerprint density at radius 1 is 1.05 bits per heavy atom. The minimum absolute atomic E-state index is 0.0211. The van der Waals surface area contributed by atoms with Crippen LogP contribution in [0.25, 0.3) is 0 Å². The molecule has 0 radical (unpaired) electrons. The second-order valence-corrected chi connectivity index (χ2v) is 8.50. The summed E-state index contributed by atoms with van der Waals surface area (Å²) in [7, 11) is 2.89. The van der Waals surface area contributed by atoms with Gasteiger partial charge in [-0.15, -0.1) is 0 Å². The van der Waals surface area contributed by atoms with Gasteiger partial charge in [-0.25, -0.2) is 8.78 Å². The topological polar surface area (TPSA) is 134 Å². The molecule has 0 aliphatic rings. The number of aliphatic hydroxyl groups is 1. The number of phenols is 1. The Kier molecular flexibility index (Phi) is 9.15. The van der Waals surface area contributed by atoms with Crippen LogP contribution in [0, 0.1) is 11.6 Å². The van der Waals surface area contributed by atoms with Crippen LogP contribution in [-0.2, 0) is 13.0 Å². The van der Waals surface area contributed by atoms with E-state index >= 15 is 0 Å². The molecule has 37 heavy (non-hydrogen) atoms. The molecule has 10 heteroatoms. The lowest BCUT2D eigenvalue weighted by Crippen LogP contribution is -2.35. The van der Waals surface area contributed by atoms with Gasteiger partial charge < -0.3 is 31.3 Å². The molecule has 0 spiro atoms. The van der Waals surface area contributed by atoms with Crippen molar-refractivity contribution < 1.29 is 33.3 Å². The number of aliphatic hydroxyl groups excluding tert-OH is 1. The van der Waals surface area contributed by atoms with Crippen LogP contribution in [0.15, 0.2) is 54.6 Å². The van der Waals surface area contributed by atoms with E-state index in [1.165, 1.54) is 13.1 Å². The molecule has 196 valence electrons. The molecule has 0 aromatic heterocycles. The van der Waals surface area contributed by atoms with E-state index in [1.54, 1.807) is 13.2 Å². The molecular weight excluding hydrogens is 484 g/mol. The fraction of sp³-hybridized carbons (Fsp3) is 0.259. The molecule has 0 fully saturated rings. The molecule has 3 aromatic rings. The molecule has 0 saturated carbocycles. The number of carbonyl (C=O) groups excluding carboxylic acids is 2. The van der Waals surface area contributed by atoms with E-state index in [1.807, 2.05) is 18.2 Å². The van der Waals surface area contributed by atoms with Gasteiger partial charge in [-0.3, -0.25) is 9.59 Å². The summed E-state index contributed by atoms with van der Waals surface area (Å²) in [4.78, 5) is 25.0. The smallest absolute Gasteiger partial charge is 0.255 e. The van der Waals surface area contributed by atoms with Gasteiger partial charge in [0.05, 0.1) is 18.8 Å². The molecule has 0 bridgehead atoms. The van der Waals surface area contributed by atoms with E-state index in [4.69, 9.17) is 10.5 Å². The molecule has 0 unspecified atom stereocenters. The van der Waals surface area contributed by atoms with Crippen LogP contribution < -0.4 is 21.1 Å². The zero-order chi connectivity index (χ0) is 27.1. The van der Waals surface area contributed by atoms with Gasteiger partial charge in [0.25, 0.3) is 5.91 Å². The van der Waals surface area contributed by atoms with Crippen LogP contribution in [0.5, 0.6) is 11.5 Å². The van der Waals surface area contributed by atoms with Gasteiger partial charge in [0.2, 0.25) is 5.91 Å². The first-order chi connectivity index (χ1) is 17.6. The third-order valence-corrected chi connectivity index (χ3v) is 5.97. The average Bonchev–Trinajstić information content (AvgIpc) is 2.86. The third-order valence-electron chi connectivity index (χ3n) is 5.97. The van der Waals surface area contributed by atoms with E-state index < -0.39 is 41.2 Å². The highest BCUT2D eigenvalue weighted by molar-refractivity contribution is 6.03. The minimum Gasteiger partial charge on any atom is -0.507 e. The van der Waals surface area contributed by atoms with Crippen molar-refractivity contribution in [2.75, 3.05) is 20.7 Å². The van der Waals surface area contributed by atoms with Gasteiger partial charge in [0.1, 0.15) is 23.1 Å². The first-order valence-electron chi connectivity index (χ1n) is 11.5. The molecule has 0 heterocycles. The fourth-order valence-corrected chi connectivity index (χ4v) is 4.27. The maximum absolute atomic E-state index is 14.0. The first kappa shape index (κ1) is 27.6. The van der Waals surface area contributed by atoms with Crippen molar-refractivity contribution in [2.24, 2.45) is 5.73 Å². The molecule has 0 aliphatic heterocycles. The largest absolute Gasteiger partial charge is 0.507 e. The summed E-state index contributed by atoms with van der Waals surface area (Å²) >= 11 is 0. The van der Waals surface area contributed by atoms with Crippen LogP contribution in [0.3, 0.4) is 0 Å². The normalized spacial score (nSPS) is 12.6. The number of halogens is 2. The van der Waals surface area contributed by atoms with Crippen molar-refractivity contribution in [3.05, 3.63) is 94.0 Å². The Hall–Kier alpha value is -4.02. The van der Waals surface area contributed by atoms with Crippen LogP contribution in [0.2, 0.25) is 0 Å². The maximum atomic E-state index is 14.0. The average molecular weight is 514 g/mol. The monoisotopic (exact) mass is 513 g/mol. The second kappa shape index (κ2) is 12.3. The number of nitrogens with two attached hydrogens (primary N) is 1. The Balaban J connectivity index is 2.03. The number of phenolic OH excluding ortho intramolecular Hbond substituents is 1. The Labute approximate surface area is 213 Å². The summed E-state index contributed by atoms with van der Waals surface area (Å²) in [6, 6.07) is 12.6. The number of hydrogen-bond acceptors (Lipinski definition) is 6. The van der Waals surface area contributed by atoms with Crippen molar-refractivity contribution in [3.8, 4) is 11.5 Å². The maximum Gasteiger partial charge on any atom is 0.255 e. The number of carbonyl (C=O) groups is 2. The second-order valence-electron chi connectivity index (χ2n) is 8.50. The summed E-state index contributed by atoms with van der Waals surface area (Å²) in [6.07, 6.45) is -1.43. The predicted molar refractivity (Wildman–Crippen MR) is 134 cm³/mol. The van der Waals surface area contributed by atoms with E-state index in [2.05, 4.69) is 10.6 Å². The van der Waals surface area contributed by atoms with Crippen LogP contribution in [0.4, 0.5) is 8.78 Å². The Bertz CT molecular complexity index is 1260. The summed E-state index contributed by atoms with van der Waals surface area (Å²) in [5, 5.41) is 27.3. The molecule has 8 nitrogen and oxygen atoms in total. The molecular formula is C27H29F2N3O5. The lowest BCUT2D eigenvalue weighted by molar-refractivity contribution is 0.0955. The summed E-state index contributed by atoms with van der Waals surface area (Å²) in [5.41, 5.74) is 6.24. The number of primary amides is 1. The van der Waals surface area contributed by atoms with Crippen molar-refractivity contribution >= 4 is 11.8 Å². The number of amides is 2. The van der Waals surface area contributed by atoms with E-state index in [0.29, 0.717) is 18.4 Å². The van der Waals surface area contributed by atoms with Crippen molar-refractivity contribution in [1.29, 1.82) is 0 Å². The van der Waals surface area contributed by atoms with Gasteiger partial charge in [0, 0.05) is 37.7 Å². The predicted octanol–water partition coefficient (Wildman–Crippen LogP) is 2.61. The highest BCUT2D eigenvalue weighted by atomic mass is 19.1. The van der Waals surface area contributed by atoms with E-state index in [0.717, 1.165) is 23.8 Å². The van der Waals surface area contributed by atoms with Gasteiger partial charge in [-0.1, -0.05) is 12.1 Å². The van der Waals surface area contributed by atoms with Crippen molar-refractivity contribution in [1.82, 2.24) is 10.6 Å². The zero-order valence-electron chi connectivity index (χ0n) is 20.4. The van der Waals surface area contributed by atoms with Gasteiger partial charge in [0.15, 0.2) is 0 Å². The molecule has 0 aliphatic carbocycles. The molecule has 3 aromatic carbocycles. The number of rotatable bonds is 11. The Morgan fingerprint density at radius 2 is 1.76 bits per heavy atom. The number of ether oxygens (including phenoxy) is 1. The number of benzene rings is 3.